The first-order chi connectivity index (χ1) is 10.6. The van der Waals surface area contributed by atoms with E-state index in [0.29, 0.717) is 23.0 Å². The van der Waals surface area contributed by atoms with Crippen LogP contribution in [-0.4, -0.2) is 28.8 Å². The Morgan fingerprint density at radius 1 is 1.27 bits per heavy atom. The number of hydrogen-bond acceptors (Lipinski definition) is 2. The molecule has 22 heavy (non-hydrogen) atoms. The van der Waals surface area contributed by atoms with Crippen LogP contribution in [0.4, 0.5) is 0 Å². The summed E-state index contributed by atoms with van der Waals surface area (Å²) in [5.74, 6) is 0.0180. The molecule has 1 saturated heterocycles. The molecule has 2 aliphatic rings. The van der Waals surface area contributed by atoms with E-state index in [4.69, 9.17) is 23.2 Å². The van der Waals surface area contributed by atoms with Crippen LogP contribution in [0.5, 0.6) is 0 Å². The molecule has 4 nitrogen and oxygen atoms in total. The van der Waals surface area contributed by atoms with Crippen molar-refractivity contribution in [3.63, 3.8) is 0 Å². The number of likely N-dealkylation sites (tertiary alicyclic amines) is 1. The summed E-state index contributed by atoms with van der Waals surface area (Å²) in [6.45, 7) is 0.345. The van der Waals surface area contributed by atoms with Gasteiger partial charge in [-0.05, 0) is 43.4 Å². The maximum atomic E-state index is 12.5. The third kappa shape index (κ3) is 3.39. The van der Waals surface area contributed by atoms with E-state index in [2.05, 4.69) is 5.32 Å². The van der Waals surface area contributed by atoms with Gasteiger partial charge in [-0.25, -0.2) is 0 Å². The van der Waals surface area contributed by atoms with Crippen molar-refractivity contribution in [3.05, 3.63) is 33.8 Å². The Balaban J connectivity index is 1.64. The molecule has 0 spiro atoms. The van der Waals surface area contributed by atoms with Gasteiger partial charge in [0.15, 0.2) is 0 Å². The van der Waals surface area contributed by atoms with Gasteiger partial charge >= 0.3 is 0 Å². The summed E-state index contributed by atoms with van der Waals surface area (Å²) in [7, 11) is 0. The second-order valence-electron chi connectivity index (χ2n) is 5.89. The third-order valence-electron chi connectivity index (χ3n) is 4.20. The van der Waals surface area contributed by atoms with Gasteiger partial charge in [0, 0.05) is 29.1 Å². The van der Waals surface area contributed by atoms with Gasteiger partial charge in [0.05, 0.1) is 0 Å². The molecule has 2 amide bonds. The van der Waals surface area contributed by atoms with Crippen LogP contribution in [0, 0.1) is 0 Å². The lowest BCUT2D eigenvalue weighted by molar-refractivity contribution is -0.144. The van der Waals surface area contributed by atoms with Crippen molar-refractivity contribution in [1.29, 1.82) is 0 Å². The molecular weight excluding hydrogens is 323 g/mol. The number of amides is 2. The van der Waals surface area contributed by atoms with Crippen molar-refractivity contribution >= 4 is 35.0 Å². The molecule has 1 aliphatic carbocycles. The van der Waals surface area contributed by atoms with Gasteiger partial charge in [-0.1, -0.05) is 29.3 Å². The molecule has 0 bridgehead atoms. The number of rotatable bonds is 4. The van der Waals surface area contributed by atoms with Crippen molar-refractivity contribution in [2.24, 2.45) is 0 Å². The largest absolute Gasteiger partial charge is 0.350 e. The lowest BCUT2D eigenvalue weighted by atomic mass is 10.0. The van der Waals surface area contributed by atoms with E-state index < -0.39 is 0 Å². The zero-order valence-corrected chi connectivity index (χ0v) is 13.7. The molecule has 1 atom stereocenters. The molecular formula is C16H18Cl2N2O2. The molecule has 1 aromatic rings. The molecule has 118 valence electrons. The highest BCUT2D eigenvalue weighted by atomic mass is 35.5. The number of carbonyl (C=O) groups excluding carboxylic acids is 2. The maximum Gasteiger partial charge on any atom is 0.243 e. The first kappa shape index (κ1) is 15.6. The molecule has 0 aromatic heterocycles. The first-order valence-corrected chi connectivity index (χ1v) is 8.34. The lowest BCUT2D eigenvalue weighted by Gasteiger charge is -2.34. The van der Waals surface area contributed by atoms with E-state index in [1.165, 1.54) is 0 Å². The maximum absolute atomic E-state index is 12.5. The minimum atomic E-state index is -0.333. The van der Waals surface area contributed by atoms with Crippen molar-refractivity contribution in [3.8, 4) is 0 Å². The van der Waals surface area contributed by atoms with E-state index in [-0.39, 0.29) is 23.9 Å². The summed E-state index contributed by atoms with van der Waals surface area (Å²) >= 11 is 12.0. The molecule has 1 aromatic carbocycles. The van der Waals surface area contributed by atoms with Gasteiger partial charge in [0.2, 0.25) is 11.8 Å². The van der Waals surface area contributed by atoms with Gasteiger partial charge in [-0.3, -0.25) is 9.59 Å². The Bertz CT molecular complexity index is 602. The summed E-state index contributed by atoms with van der Waals surface area (Å²) < 4.78 is 0. The average molecular weight is 341 g/mol. The van der Waals surface area contributed by atoms with Gasteiger partial charge < -0.3 is 10.2 Å². The van der Waals surface area contributed by atoms with Gasteiger partial charge in [0.1, 0.15) is 6.04 Å². The van der Waals surface area contributed by atoms with E-state index in [9.17, 15) is 9.59 Å². The quantitative estimate of drug-likeness (QED) is 0.915. The monoisotopic (exact) mass is 340 g/mol. The molecule has 1 N–H and O–H groups in total. The summed E-state index contributed by atoms with van der Waals surface area (Å²) in [5.41, 5.74) is 0.819. The molecule has 2 fully saturated rings. The van der Waals surface area contributed by atoms with Crippen LogP contribution < -0.4 is 5.32 Å². The number of hydrogen-bond donors (Lipinski definition) is 1. The molecule has 0 radical (unpaired) electrons. The van der Waals surface area contributed by atoms with Crippen LogP contribution in [-0.2, 0) is 16.1 Å². The van der Waals surface area contributed by atoms with Crippen LogP contribution in [0.3, 0.4) is 0 Å². The normalized spacial score (nSPS) is 21.8. The fraction of sp³-hybridized carbons (Fsp3) is 0.500. The molecule has 6 heteroatoms. The van der Waals surface area contributed by atoms with E-state index >= 15 is 0 Å². The number of carbonyl (C=O) groups is 2. The zero-order valence-electron chi connectivity index (χ0n) is 12.1. The Morgan fingerprint density at radius 2 is 2.05 bits per heavy atom. The molecule has 1 aliphatic heterocycles. The highest BCUT2D eigenvalue weighted by molar-refractivity contribution is 6.35. The fourth-order valence-corrected chi connectivity index (χ4v) is 3.40. The summed E-state index contributed by atoms with van der Waals surface area (Å²) in [5, 5.41) is 4.00. The number of piperidine rings is 1. The molecule has 3 rings (SSSR count). The standard InChI is InChI=1S/C16H18Cl2N2O2/c17-11-5-4-10(13(18)8-11)9-19-16(22)14-2-1-3-15(21)20(14)12-6-7-12/h4-5,8,12,14H,1-3,6-7,9H2,(H,19,22). The number of halogens is 2. The van der Waals surface area contributed by atoms with Crippen molar-refractivity contribution in [1.82, 2.24) is 10.2 Å². The van der Waals surface area contributed by atoms with Crippen molar-refractivity contribution in [2.45, 2.75) is 50.7 Å². The third-order valence-corrected chi connectivity index (χ3v) is 4.79. The second kappa shape index (κ2) is 6.47. The predicted molar refractivity (Wildman–Crippen MR) is 85.8 cm³/mol. The highest BCUT2D eigenvalue weighted by Gasteiger charge is 2.42. The minimum Gasteiger partial charge on any atom is -0.350 e. The fourth-order valence-electron chi connectivity index (χ4n) is 2.92. The second-order valence-corrected chi connectivity index (χ2v) is 6.74. The van der Waals surface area contributed by atoms with Crippen LogP contribution >= 0.6 is 23.2 Å². The summed E-state index contributed by atoms with van der Waals surface area (Å²) in [6, 6.07) is 5.14. The Morgan fingerprint density at radius 3 is 2.73 bits per heavy atom. The average Bonchev–Trinajstić information content (AvgIpc) is 3.30. The number of nitrogens with zero attached hydrogens (tertiary/aromatic N) is 1. The Hall–Kier alpha value is -1.26. The molecule has 1 saturated carbocycles. The minimum absolute atomic E-state index is 0.0917. The van der Waals surface area contributed by atoms with Crippen LogP contribution in [0.2, 0.25) is 10.0 Å². The zero-order chi connectivity index (χ0) is 15.7. The van der Waals surface area contributed by atoms with Crippen LogP contribution in [0.15, 0.2) is 18.2 Å². The van der Waals surface area contributed by atoms with Crippen LogP contribution in [0.1, 0.15) is 37.7 Å². The predicted octanol–water partition coefficient (Wildman–Crippen LogP) is 3.15. The lowest BCUT2D eigenvalue weighted by Crippen LogP contribution is -2.52. The first-order valence-electron chi connectivity index (χ1n) is 7.59. The van der Waals surface area contributed by atoms with Crippen molar-refractivity contribution < 1.29 is 9.59 Å². The topological polar surface area (TPSA) is 49.4 Å². The van der Waals surface area contributed by atoms with Crippen LogP contribution in [0.25, 0.3) is 0 Å². The van der Waals surface area contributed by atoms with E-state index in [1.807, 2.05) is 0 Å². The van der Waals surface area contributed by atoms with Crippen molar-refractivity contribution in [2.75, 3.05) is 0 Å². The smallest absolute Gasteiger partial charge is 0.243 e. The Kier molecular flexibility index (Phi) is 4.59. The molecule has 1 heterocycles. The van der Waals surface area contributed by atoms with Gasteiger partial charge in [-0.15, -0.1) is 0 Å². The SMILES string of the molecule is O=C(NCc1ccc(Cl)cc1Cl)C1CCCC(=O)N1C1CC1. The highest BCUT2D eigenvalue weighted by Crippen LogP contribution is 2.33. The van der Waals surface area contributed by atoms with Gasteiger partial charge in [0.25, 0.3) is 0 Å². The number of benzene rings is 1. The Labute approximate surface area is 139 Å². The summed E-state index contributed by atoms with van der Waals surface area (Å²) in [4.78, 5) is 26.3. The summed E-state index contributed by atoms with van der Waals surface area (Å²) in [6.07, 6.45) is 4.10. The van der Waals surface area contributed by atoms with E-state index in [0.717, 1.165) is 31.2 Å². The van der Waals surface area contributed by atoms with E-state index in [1.54, 1.807) is 23.1 Å². The van der Waals surface area contributed by atoms with Gasteiger partial charge in [-0.2, -0.15) is 0 Å². The number of nitrogens with one attached hydrogen (secondary N) is 1. The molecule has 1 unspecified atom stereocenters.